The van der Waals surface area contributed by atoms with E-state index in [-0.39, 0.29) is 49.3 Å². The standard InChI is InChI=1S/C25H25F2N3O3/c1-2-3-4-5-16-6-8-17(9-7-16)24-21-13-29(14-23(32)30(21)22(24)15-31)25(33)28-20-12-18(26)10-11-19(20)27/h6-12,21-22,24,31H,2-3,13-15H2,1H3,(H,28,33)/t21-,22-,24+/m0/s1. The summed E-state index contributed by atoms with van der Waals surface area (Å²) in [5, 5.41) is 12.3. The summed E-state index contributed by atoms with van der Waals surface area (Å²) in [4.78, 5) is 28.3. The summed E-state index contributed by atoms with van der Waals surface area (Å²) in [5.41, 5.74) is 1.55. The minimum atomic E-state index is -0.765. The van der Waals surface area contributed by atoms with E-state index in [0.717, 1.165) is 42.2 Å². The largest absolute Gasteiger partial charge is 0.394 e. The molecule has 0 radical (unpaired) electrons. The Morgan fingerprint density at radius 2 is 1.97 bits per heavy atom. The molecular weight excluding hydrogens is 428 g/mol. The summed E-state index contributed by atoms with van der Waals surface area (Å²) in [7, 11) is 0. The van der Waals surface area contributed by atoms with Crippen LogP contribution < -0.4 is 5.32 Å². The van der Waals surface area contributed by atoms with E-state index < -0.39 is 17.7 Å². The highest BCUT2D eigenvalue weighted by Gasteiger charge is 2.54. The Kier molecular flexibility index (Phi) is 6.61. The van der Waals surface area contributed by atoms with Gasteiger partial charge in [0.05, 0.1) is 24.4 Å². The second kappa shape index (κ2) is 9.59. The number of nitrogens with zero attached hydrogens (tertiary/aromatic N) is 2. The van der Waals surface area contributed by atoms with Gasteiger partial charge in [-0.3, -0.25) is 4.79 Å². The monoisotopic (exact) mass is 453 g/mol. The lowest BCUT2D eigenvalue weighted by Crippen LogP contribution is -2.73. The summed E-state index contributed by atoms with van der Waals surface area (Å²) < 4.78 is 27.4. The lowest BCUT2D eigenvalue weighted by atomic mass is 9.73. The first kappa shape index (κ1) is 22.7. The van der Waals surface area contributed by atoms with Gasteiger partial charge in [-0.1, -0.05) is 30.9 Å². The van der Waals surface area contributed by atoms with Crippen LogP contribution in [0, 0.1) is 23.5 Å². The number of unbranched alkanes of at least 4 members (excludes halogenated alkanes) is 1. The number of nitrogens with one attached hydrogen (secondary N) is 1. The molecular formula is C25H25F2N3O3. The van der Waals surface area contributed by atoms with Crippen molar-refractivity contribution < 1.29 is 23.5 Å². The molecule has 6 nitrogen and oxygen atoms in total. The molecule has 2 aliphatic rings. The number of aliphatic hydroxyl groups is 1. The van der Waals surface area contributed by atoms with Crippen molar-refractivity contribution in [1.82, 2.24) is 9.80 Å². The topological polar surface area (TPSA) is 72.9 Å². The van der Waals surface area contributed by atoms with Gasteiger partial charge in [0.25, 0.3) is 0 Å². The molecule has 4 rings (SSSR count). The molecule has 0 bridgehead atoms. The van der Waals surface area contributed by atoms with Gasteiger partial charge in [0.15, 0.2) is 0 Å². The average molecular weight is 453 g/mol. The number of hydrogen-bond acceptors (Lipinski definition) is 3. The van der Waals surface area contributed by atoms with Crippen molar-refractivity contribution in [2.75, 3.05) is 25.0 Å². The zero-order chi connectivity index (χ0) is 23.5. The molecule has 0 aromatic heterocycles. The Balaban J connectivity index is 1.50. The zero-order valence-electron chi connectivity index (χ0n) is 18.2. The predicted octanol–water partition coefficient (Wildman–Crippen LogP) is 3.32. The molecule has 3 atom stereocenters. The van der Waals surface area contributed by atoms with Crippen LogP contribution >= 0.6 is 0 Å². The van der Waals surface area contributed by atoms with E-state index in [0.29, 0.717) is 0 Å². The molecule has 33 heavy (non-hydrogen) atoms. The third-order valence-corrected chi connectivity index (χ3v) is 6.11. The van der Waals surface area contributed by atoms with Crippen molar-refractivity contribution in [2.24, 2.45) is 0 Å². The smallest absolute Gasteiger partial charge is 0.322 e. The van der Waals surface area contributed by atoms with E-state index in [1.54, 1.807) is 4.90 Å². The number of anilines is 1. The molecule has 2 fully saturated rings. The summed E-state index contributed by atoms with van der Waals surface area (Å²) in [6, 6.07) is 9.12. The highest BCUT2D eigenvalue weighted by atomic mass is 19.1. The van der Waals surface area contributed by atoms with Crippen molar-refractivity contribution >= 4 is 17.6 Å². The molecule has 8 heteroatoms. The highest BCUT2D eigenvalue weighted by molar-refractivity contribution is 5.94. The molecule has 3 amide bonds. The van der Waals surface area contributed by atoms with E-state index in [4.69, 9.17) is 0 Å². The molecule has 2 aromatic carbocycles. The molecule has 2 saturated heterocycles. The lowest BCUT2D eigenvalue weighted by molar-refractivity contribution is -0.159. The third-order valence-electron chi connectivity index (χ3n) is 6.11. The Hall–Kier alpha value is -3.44. The highest BCUT2D eigenvalue weighted by Crippen LogP contribution is 2.43. The zero-order valence-corrected chi connectivity index (χ0v) is 18.2. The van der Waals surface area contributed by atoms with Crippen molar-refractivity contribution in [1.29, 1.82) is 0 Å². The van der Waals surface area contributed by atoms with Crippen molar-refractivity contribution in [3.05, 3.63) is 65.2 Å². The van der Waals surface area contributed by atoms with Crippen LogP contribution in [0.1, 0.15) is 36.8 Å². The van der Waals surface area contributed by atoms with Gasteiger partial charge in [0, 0.05) is 30.5 Å². The third kappa shape index (κ3) is 4.55. The summed E-state index contributed by atoms with van der Waals surface area (Å²) in [6.45, 7) is 1.90. The second-order valence-corrected chi connectivity index (χ2v) is 8.25. The fourth-order valence-electron chi connectivity index (χ4n) is 4.52. The minimum Gasteiger partial charge on any atom is -0.394 e. The van der Waals surface area contributed by atoms with E-state index in [1.165, 1.54) is 4.90 Å². The molecule has 0 spiro atoms. The first-order valence-corrected chi connectivity index (χ1v) is 10.9. The first-order chi connectivity index (χ1) is 15.9. The molecule has 2 aromatic rings. The number of rotatable bonds is 4. The number of piperazine rings is 1. The van der Waals surface area contributed by atoms with Crippen LogP contribution in [0.5, 0.6) is 0 Å². The molecule has 0 saturated carbocycles. The number of fused-ring (bicyclic) bond motifs is 1. The molecule has 2 N–H and O–H groups in total. The molecule has 2 heterocycles. The van der Waals surface area contributed by atoms with Crippen molar-refractivity contribution in [3.8, 4) is 11.8 Å². The molecule has 2 aliphatic heterocycles. The number of urea groups is 1. The van der Waals surface area contributed by atoms with Gasteiger partial charge in [-0.2, -0.15) is 0 Å². The number of amides is 3. The summed E-state index contributed by atoms with van der Waals surface area (Å²) in [6.07, 6.45) is 1.82. The van der Waals surface area contributed by atoms with E-state index in [1.807, 2.05) is 24.3 Å². The van der Waals surface area contributed by atoms with Gasteiger partial charge < -0.3 is 20.2 Å². The lowest BCUT2D eigenvalue weighted by Gasteiger charge is -2.58. The SMILES string of the molecule is CCCC#Cc1ccc([C@H]2[C@H](CO)N3C(=O)CN(C(=O)Nc4cc(F)ccc4F)C[C@@H]23)cc1. The molecule has 0 unspecified atom stereocenters. The van der Waals surface area contributed by atoms with Crippen LogP contribution in [0.4, 0.5) is 19.3 Å². The minimum absolute atomic E-state index is 0.155. The van der Waals surface area contributed by atoms with Crippen molar-refractivity contribution in [3.63, 3.8) is 0 Å². The number of halogens is 2. The number of aliphatic hydroxyl groups excluding tert-OH is 1. The predicted molar refractivity (Wildman–Crippen MR) is 119 cm³/mol. The first-order valence-electron chi connectivity index (χ1n) is 10.9. The average Bonchev–Trinajstić information content (AvgIpc) is 2.78. The van der Waals surface area contributed by atoms with Gasteiger partial charge in [-0.05, 0) is 36.2 Å². The van der Waals surface area contributed by atoms with Gasteiger partial charge in [-0.15, -0.1) is 0 Å². The number of hydrogen-bond donors (Lipinski definition) is 2. The summed E-state index contributed by atoms with van der Waals surface area (Å²) >= 11 is 0. The fourth-order valence-corrected chi connectivity index (χ4v) is 4.52. The van der Waals surface area contributed by atoms with Gasteiger partial charge in [0.1, 0.15) is 18.2 Å². The van der Waals surface area contributed by atoms with Gasteiger partial charge in [-0.25, -0.2) is 13.6 Å². The summed E-state index contributed by atoms with van der Waals surface area (Å²) in [5.74, 6) is 4.32. The van der Waals surface area contributed by atoms with Crippen LogP contribution in [0.3, 0.4) is 0 Å². The van der Waals surface area contributed by atoms with Crippen LogP contribution in [0.15, 0.2) is 42.5 Å². The van der Waals surface area contributed by atoms with Crippen LogP contribution in [0.25, 0.3) is 0 Å². The normalized spacial score (nSPS) is 21.6. The second-order valence-electron chi connectivity index (χ2n) is 8.25. The number of carbonyl (C=O) groups excluding carboxylic acids is 2. The maximum atomic E-state index is 13.9. The van der Waals surface area contributed by atoms with Crippen LogP contribution in [-0.4, -0.2) is 58.6 Å². The van der Waals surface area contributed by atoms with E-state index in [9.17, 15) is 23.5 Å². The molecule has 172 valence electrons. The Bertz CT molecular complexity index is 1110. The molecule has 0 aliphatic carbocycles. The Labute approximate surface area is 191 Å². The van der Waals surface area contributed by atoms with Crippen molar-refractivity contribution in [2.45, 2.75) is 37.8 Å². The van der Waals surface area contributed by atoms with Gasteiger partial charge in [0.2, 0.25) is 5.91 Å². The van der Waals surface area contributed by atoms with E-state index in [2.05, 4.69) is 24.1 Å². The van der Waals surface area contributed by atoms with Gasteiger partial charge >= 0.3 is 6.03 Å². The number of carbonyl (C=O) groups is 2. The quantitative estimate of drug-likeness (QED) is 0.698. The maximum absolute atomic E-state index is 13.9. The Morgan fingerprint density at radius 1 is 1.21 bits per heavy atom. The fraction of sp³-hybridized carbons (Fsp3) is 0.360. The Morgan fingerprint density at radius 3 is 2.67 bits per heavy atom. The van der Waals surface area contributed by atoms with E-state index >= 15 is 0 Å². The number of benzene rings is 2. The maximum Gasteiger partial charge on any atom is 0.322 e. The van der Waals surface area contributed by atoms with Crippen LogP contribution in [0.2, 0.25) is 0 Å². The van der Waals surface area contributed by atoms with Crippen LogP contribution in [-0.2, 0) is 4.79 Å².